The third-order valence-electron chi connectivity index (χ3n) is 5.38. The van der Waals surface area contributed by atoms with Crippen LogP contribution in [0.5, 0.6) is 5.75 Å². The monoisotopic (exact) mass is 590 g/mol. The Morgan fingerprint density at radius 1 is 1.13 bits per heavy atom. The topological polar surface area (TPSA) is 166 Å². The highest BCUT2D eigenvalue weighted by atomic mass is 32.2. The first kappa shape index (κ1) is 28.4. The first-order valence-corrected chi connectivity index (χ1v) is 15.3. The van der Waals surface area contributed by atoms with E-state index < -0.39 is 33.6 Å². The Morgan fingerprint density at radius 2 is 1.85 bits per heavy atom. The van der Waals surface area contributed by atoms with Crippen molar-refractivity contribution in [1.82, 2.24) is 14.9 Å². The summed E-state index contributed by atoms with van der Waals surface area (Å²) < 4.78 is 61.1. The maximum absolute atomic E-state index is 14.0. The van der Waals surface area contributed by atoms with E-state index in [4.69, 9.17) is 10.00 Å². The highest BCUT2D eigenvalue weighted by Gasteiger charge is 2.36. The van der Waals surface area contributed by atoms with Crippen molar-refractivity contribution in [2.45, 2.75) is 23.1 Å². The Labute approximate surface area is 227 Å². The molecular weight excluding hydrogens is 568 g/mol. The molecule has 0 saturated heterocycles. The lowest BCUT2D eigenvalue weighted by Crippen LogP contribution is -2.33. The number of hydrogen-bond acceptors (Lipinski definition) is 8. The quantitative estimate of drug-likeness (QED) is 0.135. The fourth-order valence-corrected chi connectivity index (χ4v) is 7.07. The van der Waals surface area contributed by atoms with Crippen molar-refractivity contribution in [3.05, 3.63) is 90.0 Å². The lowest BCUT2D eigenvalue weighted by atomic mass is 10.1. The average molecular weight is 591 g/mol. The Bertz CT molecular complexity index is 1640. The first-order chi connectivity index (χ1) is 18.6. The van der Waals surface area contributed by atoms with Crippen LogP contribution in [0, 0.1) is 17.1 Å². The van der Waals surface area contributed by atoms with Crippen molar-refractivity contribution >= 4 is 29.0 Å². The van der Waals surface area contributed by atoms with Gasteiger partial charge in [-0.25, -0.2) is 17.4 Å². The van der Waals surface area contributed by atoms with Gasteiger partial charge in [0, 0.05) is 24.1 Å². The van der Waals surface area contributed by atoms with Crippen molar-refractivity contribution < 1.29 is 36.5 Å². The van der Waals surface area contributed by atoms with Crippen LogP contribution in [-0.2, 0) is 21.1 Å². The standard InChI is InChI=1S/C24H21FN5O6PS2/c25-21-15-18(5-6-19(21)16-26)22(37(31,32)33)29-39(34,35)24-28-27-23(38-24)17-7-9-20(10-8-17)36-14-4-13-30-11-2-1-3-12-30/h1-3,5-12,15,22,29H,4,13-14H2,(H-,31,32,33)/p+1. The fraction of sp³-hybridized carbons (Fsp3) is 0.167. The molecule has 15 heteroatoms. The van der Waals surface area contributed by atoms with E-state index in [0.717, 1.165) is 25.1 Å². The Balaban J connectivity index is 1.43. The molecule has 39 heavy (non-hydrogen) atoms. The number of ether oxygens (including phenoxy) is 1. The predicted octanol–water partition coefficient (Wildman–Crippen LogP) is 3.13. The van der Waals surface area contributed by atoms with Crippen molar-refractivity contribution in [1.29, 1.82) is 5.26 Å². The van der Waals surface area contributed by atoms with E-state index >= 15 is 0 Å². The molecule has 202 valence electrons. The third kappa shape index (κ3) is 7.30. The summed E-state index contributed by atoms with van der Waals surface area (Å²) in [6, 6.07) is 17.0. The molecule has 1 atom stereocenters. The largest absolute Gasteiger partial charge is 0.493 e. The van der Waals surface area contributed by atoms with Crippen molar-refractivity contribution in [3.8, 4) is 22.4 Å². The smallest absolute Gasteiger partial charge is 0.347 e. The summed E-state index contributed by atoms with van der Waals surface area (Å²) in [6.07, 6.45) is 4.74. The second kappa shape index (κ2) is 12.1. The number of halogens is 1. The lowest BCUT2D eigenvalue weighted by Gasteiger charge is -2.19. The number of hydrogen-bond donors (Lipinski definition) is 3. The van der Waals surface area contributed by atoms with E-state index in [-0.39, 0.29) is 16.1 Å². The van der Waals surface area contributed by atoms with Crippen LogP contribution in [0.3, 0.4) is 0 Å². The summed E-state index contributed by atoms with van der Waals surface area (Å²) in [5, 5.41) is 16.7. The van der Waals surface area contributed by atoms with Crippen LogP contribution in [0.15, 0.2) is 77.4 Å². The van der Waals surface area contributed by atoms with Crippen LogP contribution < -0.4 is 14.0 Å². The number of sulfonamides is 1. The molecule has 0 fully saturated rings. The zero-order valence-electron chi connectivity index (χ0n) is 20.1. The van der Waals surface area contributed by atoms with Crippen molar-refractivity contribution in [2.24, 2.45) is 0 Å². The summed E-state index contributed by atoms with van der Waals surface area (Å²) in [7, 11) is -9.71. The molecule has 3 N–H and O–H groups in total. The van der Waals surface area contributed by atoms with Gasteiger partial charge in [0.05, 0.1) is 12.2 Å². The molecule has 0 saturated carbocycles. The van der Waals surface area contributed by atoms with E-state index in [0.29, 0.717) is 35.3 Å². The van der Waals surface area contributed by atoms with Crippen molar-refractivity contribution in [2.75, 3.05) is 6.61 Å². The van der Waals surface area contributed by atoms with Gasteiger partial charge in [-0.05, 0) is 42.0 Å². The van der Waals surface area contributed by atoms with Gasteiger partial charge in [0.1, 0.15) is 28.4 Å². The van der Waals surface area contributed by atoms with Crippen molar-refractivity contribution in [3.63, 3.8) is 0 Å². The van der Waals surface area contributed by atoms with E-state index in [9.17, 15) is 27.2 Å². The molecule has 0 aliphatic rings. The number of aromatic nitrogens is 3. The minimum atomic E-state index is -5.14. The van der Waals surface area contributed by atoms with Crippen LogP contribution in [-0.4, -0.2) is 35.0 Å². The number of aryl methyl sites for hydroxylation is 1. The molecule has 0 radical (unpaired) electrons. The summed E-state index contributed by atoms with van der Waals surface area (Å²) in [4.78, 5) is 19.5. The number of nitriles is 1. The Kier molecular flexibility index (Phi) is 8.81. The van der Waals surface area contributed by atoms with Crippen LogP contribution in [0.2, 0.25) is 0 Å². The molecule has 0 spiro atoms. The SMILES string of the molecule is N#Cc1ccc(C(NS(=O)(=O)c2nnc(-c3ccc(OCCC[n+]4ccccc4)cc3)s2)P(=O)(O)O)cc1F. The molecular formula is C24H22FN5O6PS2+. The maximum Gasteiger partial charge on any atom is 0.347 e. The van der Waals surface area contributed by atoms with Gasteiger partial charge < -0.3 is 14.5 Å². The van der Waals surface area contributed by atoms with Crippen LogP contribution in [0.1, 0.15) is 23.3 Å². The molecule has 2 aromatic carbocycles. The number of benzene rings is 2. The van der Waals surface area contributed by atoms with E-state index in [2.05, 4.69) is 10.2 Å². The molecule has 4 rings (SSSR count). The van der Waals surface area contributed by atoms with Gasteiger partial charge in [0.15, 0.2) is 18.9 Å². The van der Waals surface area contributed by atoms with Gasteiger partial charge in [-0.3, -0.25) is 4.57 Å². The summed E-state index contributed by atoms with van der Waals surface area (Å²) >= 11 is 0.689. The molecule has 1 unspecified atom stereocenters. The van der Waals surface area contributed by atoms with Gasteiger partial charge in [-0.1, -0.05) is 23.5 Å². The molecule has 11 nitrogen and oxygen atoms in total. The molecule has 2 heterocycles. The maximum atomic E-state index is 14.0. The van der Waals surface area contributed by atoms with Gasteiger partial charge >= 0.3 is 7.60 Å². The van der Waals surface area contributed by atoms with E-state index in [1.807, 2.05) is 39.9 Å². The molecule has 0 aliphatic heterocycles. The summed E-state index contributed by atoms with van der Waals surface area (Å²) in [5.74, 6) is -2.53. The van der Waals surface area contributed by atoms with Gasteiger partial charge in [0.25, 0.3) is 10.0 Å². The Morgan fingerprint density at radius 3 is 2.49 bits per heavy atom. The highest BCUT2D eigenvalue weighted by molar-refractivity contribution is 7.91. The molecule has 0 aliphatic carbocycles. The van der Waals surface area contributed by atoms with Crippen LogP contribution in [0.4, 0.5) is 4.39 Å². The zero-order chi connectivity index (χ0) is 28.0. The predicted molar refractivity (Wildman–Crippen MR) is 138 cm³/mol. The average Bonchev–Trinajstić information content (AvgIpc) is 3.42. The minimum Gasteiger partial charge on any atom is -0.493 e. The van der Waals surface area contributed by atoms with Gasteiger partial charge in [0.2, 0.25) is 4.34 Å². The highest BCUT2D eigenvalue weighted by Crippen LogP contribution is 2.50. The van der Waals surface area contributed by atoms with Gasteiger partial charge in [-0.15, -0.1) is 10.2 Å². The van der Waals surface area contributed by atoms with Gasteiger partial charge in [-0.2, -0.15) is 9.98 Å². The summed E-state index contributed by atoms with van der Waals surface area (Å²) in [5.41, 5.74) is -0.157. The second-order valence-electron chi connectivity index (χ2n) is 8.18. The summed E-state index contributed by atoms with van der Waals surface area (Å²) in [6.45, 7) is 1.30. The molecule has 4 aromatic rings. The van der Waals surface area contributed by atoms with Crippen LogP contribution in [0.25, 0.3) is 10.6 Å². The Hall–Kier alpha value is -3.57. The minimum absolute atomic E-state index is 0.250. The molecule has 0 bridgehead atoms. The molecule has 2 aromatic heterocycles. The van der Waals surface area contributed by atoms with E-state index in [1.165, 1.54) is 0 Å². The number of nitrogens with one attached hydrogen (secondary N) is 1. The van der Waals surface area contributed by atoms with Crippen LogP contribution >= 0.6 is 18.9 Å². The second-order valence-corrected chi connectivity index (χ2v) is 12.7. The number of rotatable bonds is 11. The lowest BCUT2D eigenvalue weighted by molar-refractivity contribution is -0.697. The van der Waals surface area contributed by atoms with E-state index in [1.54, 1.807) is 30.3 Å². The number of nitrogens with zero attached hydrogens (tertiary/aromatic N) is 4. The normalized spacial score (nSPS) is 12.6. The fourth-order valence-electron chi connectivity index (χ4n) is 3.47. The third-order valence-corrected chi connectivity index (χ3v) is 9.41. The first-order valence-electron chi connectivity index (χ1n) is 11.3. The zero-order valence-corrected chi connectivity index (χ0v) is 22.6. The molecule has 0 amide bonds. The number of pyridine rings is 1.